The van der Waals surface area contributed by atoms with E-state index in [1.54, 1.807) is 0 Å². The van der Waals surface area contributed by atoms with Gasteiger partial charge in [-0.15, -0.1) is 0 Å². The summed E-state index contributed by atoms with van der Waals surface area (Å²) in [6, 6.07) is 0. The highest BCUT2D eigenvalue weighted by atomic mass is 28.3. The van der Waals surface area contributed by atoms with Crippen LogP contribution < -0.4 is 4.98 Å². The van der Waals surface area contributed by atoms with Gasteiger partial charge >= 0.3 is 0 Å². The summed E-state index contributed by atoms with van der Waals surface area (Å²) in [5, 5.41) is 0. The van der Waals surface area contributed by atoms with E-state index in [1.807, 2.05) is 0 Å². The third kappa shape index (κ3) is 3.14. The second-order valence-electron chi connectivity index (χ2n) is 8.06. The minimum Gasteiger partial charge on any atom is -0.332 e. The standard InChI is InChI=1S/C15H33NSi/c1-10-11(2)13(4)14(12(10)3)17(8,9)16-15(5,6)7/h10-14,16H,1-9H3/t10-,11?,12-,13?,14?/m1/s1. The van der Waals surface area contributed by atoms with Gasteiger partial charge in [-0.05, 0) is 50.0 Å². The van der Waals surface area contributed by atoms with Crippen LogP contribution in [0.15, 0.2) is 0 Å². The molecule has 1 fully saturated rings. The first-order valence-electron chi connectivity index (χ1n) is 7.26. The van der Waals surface area contributed by atoms with Crippen LogP contribution in [0.1, 0.15) is 48.5 Å². The molecule has 0 radical (unpaired) electrons. The Hall–Kier alpha value is 0.177. The molecule has 3 unspecified atom stereocenters. The van der Waals surface area contributed by atoms with Crippen molar-refractivity contribution in [3.8, 4) is 0 Å². The lowest BCUT2D eigenvalue weighted by atomic mass is 9.92. The average molecular weight is 256 g/mol. The molecule has 0 spiro atoms. The van der Waals surface area contributed by atoms with Crippen LogP contribution in [-0.2, 0) is 0 Å². The first kappa shape index (κ1) is 15.2. The lowest BCUT2D eigenvalue weighted by Gasteiger charge is -2.41. The van der Waals surface area contributed by atoms with Crippen molar-refractivity contribution in [2.24, 2.45) is 23.7 Å². The molecule has 1 N–H and O–H groups in total. The van der Waals surface area contributed by atoms with Crippen LogP contribution in [0.2, 0.25) is 18.6 Å². The highest BCUT2D eigenvalue weighted by Crippen LogP contribution is 2.53. The molecule has 0 heterocycles. The van der Waals surface area contributed by atoms with Crippen LogP contribution in [-0.4, -0.2) is 13.8 Å². The normalized spacial score (nSPS) is 39.7. The van der Waals surface area contributed by atoms with Gasteiger partial charge < -0.3 is 4.98 Å². The van der Waals surface area contributed by atoms with Crippen molar-refractivity contribution in [2.75, 3.05) is 0 Å². The Bertz CT molecular complexity index is 253. The smallest absolute Gasteiger partial charge is 0.123 e. The summed E-state index contributed by atoms with van der Waals surface area (Å²) in [6.45, 7) is 21.8. The average Bonchev–Trinajstić information content (AvgIpc) is 2.27. The van der Waals surface area contributed by atoms with E-state index in [2.05, 4.69) is 66.5 Å². The molecule has 1 rings (SSSR count). The molecule has 1 nitrogen and oxygen atoms in total. The lowest BCUT2D eigenvalue weighted by molar-refractivity contribution is 0.352. The van der Waals surface area contributed by atoms with Crippen molar-refractivity contribution in [2.45, 2.75) is 72.6 Å². The van der Waals surface area contributed by atoms with Crippen molar-refractivity contribution >= 4 is 8.24 Å². The molecule has 102 valence electrons. The van der Waals surface area contributed by atoms with Crippen molar-refractivity contribution < 1.29 is 0 Å². The zero-order valence-electron chi connectivity index (χ0n) is 13.4. The quantitative estimate of drug-likeness (QED) is 0.716. The number of rotatable bonds is 2. The Morgan fingerprint density at radius 3 is 1.41 bits per heavy atom. The van der Waals surface area contributed by atoms with Gasteiger partial charge in [-0.3, -0.25) is 0 Å². The van der Waals surface area contributed by atoms with Gasteiger partial charge in [0, 0.05) is 5.54 Å². The van der Waals surface area contributed by atoms with Gasteiger partial charge in [-0.2, -0.15) is 0 Å². The fourth-order valence-corrected chi connectivity index (χ4v) is 9.79. The highest BCUT2D eigenvalue weighted by Gasteiger charge is 2.50. The molecule has 0 aromatic heterocycles. The van der Waals surface area contributed by atoms with Gasteiger partial charge in [-0.25, -0.2) is 0 Å². The van der Waals surface area contributed by atoms with Crippen LogP contribution in [0.4, 0.5) is 0 Å². The third-order valence-electron chi connectivity index (χ3n) is 5.15. The van der Waals surface area contributed by atoms with Gasteiger partial charge in [0.15, 0.2) is 0 Å². The van der Waals surface area contributed by atoms with E-state index in [1.165, 1.54) is 0 Å². The first-order valence-corrected chi connectivity index (χ1v) is 10.3. The molecule has 2 heteroatoms. The summed E-state index contributed by atoms with van der Waals surface area (Å²) in [7, 11) is -1.37. The molecule has 0 aromatic rings. The second kappa shape index (κ2) is 4.69. The third-order valence-corrected chi connectivity index (χ3v) is 9.26. The largest absolute Gasteiger partial charge is 0.332 e. The Morgan fingerprint density at radius 1 is 0.765 bits per heavy atom. The van der Waals surface area contributed by atoms with Crippen LogP contribution >= 0.6 is 0 Å². The molecule has 17 heavy (non-hydrogen) atoms. The summed E-state index contributed by atoms with van der Waals surface area (Å²) in [6.07, 6.45) is 0. The molecular weight excluding hydrogens is 222 g/mol. The Balaban J connectivity index is 2.91. The lowest BCUT2D eigenvalue weighted by Crippen LogP contribution is -2.58. The number of nitrogens with one attached hydrogen (secondary N) is 1. The summed E-state index contributed by atoms with van der Waals surface area (Å²) >= 11 is 0. The Labute approximate surface area is 110 Å². The van der Waals surface area contributed by atoms with Crippen LogP contribution in [0.25, 0.3) is 0 Å². The van der Waals surface area contributed by atoms with E-state index in [9.17, 15) is 0 Å². The molecule has 0 aliphatic heterocycles. The van der Waals surface area contributed by atoms with Crippen molar-refractivity contribution in [3.63, 3.8) is 0 Å². The minimum absolute atomic E-state index is 0.254. The maximum atomic E-state index is 3.98. The molecular formula is C15H33NSi. The van der Waals surface area contributed by atoms with E-state index in [4.69, 9.17) is 0 Å². The topological polar surface area (TPSA) is 12.0 Å². The zero-order chi connectivity index (χ0) is 13.6. The fourth-order valence-electron chi connectivity index (χ4n) is 4.45. The van der Waals surface area contributed by atoms with Gasteiger partial charge in [-0.1, -0.05) is 40.8 Å². The molecule has 1 aliphatic carbocycles. The van der Waals surface area contributed by atoms with Crippen molar-refractivity contribution in [1.29, 1.82) is 0 Å². The predicted octanol–water partition coefficient (Wildman–Crippen LogP) is 4.51. The van der Waals surface area contributed by atoms with Gasteiger partial charge in [0.1, 0.15) is 8.24 Å². The van der Waals surface area contributed by atoms with Gasteiger partial charge in [0.2, 0.25) is 0 Å². The fraction of sp³-hybridized carbons (Fsp3) is 1.00. The van der Waals surface area contributed by atoms with E-state index < -0.39 is 8.24 Å². The molecule has 0 amide bonds. The SMILES string of the molecule is CC1C(C)[C@@H](C)[C@@H](C)C1[Si](C)(C)NC(C)(C)C. The van der Waals surface area contributed by atoms with Gasteiger partial charge in [0.05, 0.1) is 0 Å². The second-order valence-corrected chi connectivity index (χ2v) is 12.4. The van der Waals surface area contributed by atoms with Crippen LogP contribution in [0.5, 0.6) is 0 Å². The highest BCUT2D eigenvalue weighted by molar-refractivity contribution is 6.76. The maximum absolute atomic E-state index is 3.98. The molecule has 1 aliphatic rings. The summed E-state index contributed by atoms with van der Waals surface area (Å²) in [4.78, 5) is 3.98. The van der Waals surface area contributed by atoms with Gasteiger partial charge in [0.25, 0.3) is 0 Å². The molecule has 0 saturated heterocycles. The van der Waals surface area contributed by atoms with E-state index in [0.717, 1.165) is 29.2 Å². The predicted molar refractivity (Wildman–Crippen MR) is 80.8 cm³/mol. The number of hydrogen-bond donors (Lipinski definition) is 1. The number of hydrogen-bond acceptors (Lipinski definition) is 1. The summed E-state index contributed by atoms with van der Waals surface area (Å²) in [5.74, 6) is 3.50. The summed E-state index contributed by atoms with van der Waals surface area (Å²) < 4.78 is 0. The van der Waals surface area contributed by atoms with E-state index >= 15 is 0 Å². The van der Waals surface area contributed by atoms with E-state index in [0.29, 0.717) is 0 Å². The zero-order valence-corrected chi connectivity index (χ0v) is 14.4. The summed E-state index contributed by atoms with van der Waals surface area (Å²) in [5.41, 5.74) is 1.16. The minimum atomic E-state index is -1.37. The Morgan fingerprint density at radius 2 is 1.12 bits per heavy atom. The van der Waals surface area contributed by atoms with Crippen LogP contribution in [0.3, 0.4) is 0 Å². The Kier molecular flexibility index (Phi) is 4.21. The monoisotopic (exact) mass is 255 g/mol. The molecule has 0 aromatic carbocycles. The van der Waals surface area contributed by atoms with Crippen molar-refractivity contribution in [3.05, 3.63) is 0 Å². The molecule has 1 saturated carbocycles. The molecule has 0 bridgehead atoms. The first-order chi connectivity index (χ1) is 7.47. The van der Waals surface area contributed by atoms with Crippen LogP contribution in [0, 0.1) is 23.7 Å². The maximum Gasteiger partial charge on any atom is 0.123 e. The van der Waals surface area contributed by atoms with Crippen molar-refractivity contribution in [1.82, 2.24) is 4.98 Å². The molecule has 5 atom stereocenters. The van der Waals surface area contributed by atoms with E-state index in [-0.39, 0.29) is 5.54 Å².